The Labute approximate surface area is 243 Å². The molecule has 7 heteroatoms. The second-order valence-electron chi connectivity index (χ2n) is 12.8. The molecule has 0 radical (unpaired) electrons. The van der Waals surface area contributed by atoms with E-state index < -0.39 is 17.0 Å². The van der Waals surface area contributed by atoms with Crippen LogP contribution in [0.3, 0.4) is 0 Å². The predicted octanol–water partition coefficient (Wildman–Crippen LogP) is 5.82. The molecule has 3 aliphatic rings. The van der Waals surface area contributed by atoms with Gasteiger partial charge in [0.2, 0.25) is 5.91 Å². The van der Waals surface area contributed by atoms with Crippen molar-refractivity contribution >= 4 is 11.9 Å². The summed E-state index contributed by atoms with van der Waals surface area (Å²) < 4.78 is 6.84. The van der Waals surface area contributed by atoms with Gasteiger partial charge in [0.25, 0.3) is 5.56 Å². The molecule has 41 heavy (non-hydrogen) atoms. The average Bonchev–Trinajstić information content (AvgIpc) is 3.46. The lowest BCUT2D eigenvalue weighted by atomic mass is 9.65. The van der Waals surface area contributed by atoms with Gasteiger partial charge in [0.05, 0.1) is 24.3 Å². The number of amides is 1. The van der Waals surface area contributed by atoms with E-state index in [0.717, 1.165) is 37.7 Å². The molecule has 7 nitrogen and oxygen atoms in total. The van der Waals surface area contributed by atoms with Gasteiger partial charge in [-0.05, 0) is 44.1 Å². The largest absolute Gasteiger partial charge is 0.462 e. The van der Waals surface area contributed by atoms with Crippen LogP contribution in [0.15, 0.2) is 47.4 Å². The second-order valence-corrected chi connectivity index (χ2v) is 12.8. The molecule has 3 fully saturated rings. The van der Waals surface area contributed by atoms with Crippen LogP contribution in [0.5, 0.6) is 0 Å². The first-order valence-corrected chi connectivity index (χ1v) is 15.7. The Balaban J connectivity index is 1.39. The van der Waals surface area contributed by atoms with Gasteiger partial charge in [-0.1, -0.05) is 82.2 Å². The minimum absolute atomic E-state index is 0.0111. The SMILES string of the molecule is CCOC(=O)c1cn(C[C@@]2(O)CCN(C(=O)[C@H](C)CC3CCCCC3)CC23CCCC3)c(=O)cc1-c1ccccc1. The van der Waals surface area contributed by atoms with Crippen molar-refractivity contribution in [3.05, 3.63) is 58.5 Å². The summed E-state index contributed by atoms with van der Waals surface area (Å²) in [5.74, 6) is 0.347. The van der Waals surface area contributed by atoms with Crippen molar-refractivity contribution in [2.75, 3.05) is 19.7 Å². The van der Waals surface area contributed by atoms with Crippen molar-refractivity contribution in [1.29, 1.82) is 0 Å². The van der Waals surface area contributed by atoms with Crippen molar-refractivity contribution < 1.29 is 19.4 Å². The predicted molar refractivity (Wildman–Crippen MR) is 159 cm³/mol. The molecule has 2 aromatic rings. The summed E-state index contributed by atoms with van der Waals surface area (Å²) in [6.07, 6.45) is 12.9. The summed E-state index contributed by atoms with van der Waals surface area (Å²) in [7, 11) is 0. The van der Waals surface area contributed by atoms with Gasteiger partial charge in [-0.2, -0.15) is 0 Å². The molecule has 1 N–H and O–H groups in total. The van der Waals surface area contributed by atoms with E-state index in [-0.39, 0.29) is 30.5 Å². The summed E-state index contributed by atoms with van der Waals surface area (Å²) in [5.41, 5.74) is -0.284. The summed E-state index contributed by atoms with van der Waals surface area (Å²) >= 11 is 0. The number of aromatic nitrogens is 1. The van der Waals surface area contributed by atoms with E-state index in [0.29, 0.717) is 36.6 Å². The number of hydrogen-bond acceptors (Lipinski definition) is 5. The maximum absolute atomic E-state index is 13.6. The van der Waals surface area contributed by atoms with E-state index in [9.17, 15) is 19.5 Å². The van der Waals surface area contributed by atoms with Crippen molar-refractivity contribution in [2.24, 2.45) is 17.3 Å². The molecular weight excluding hydrogens is 516 g/mol. The number of benzene rings is 1. The average molecular weight is 563 g/mol. The highest BCUT2D eigenvalue weighted by Gasteiger charge is 2.55. The summed E-state index contributed by atoms with van der Waals surface area (Å²) in [6, 6.07) is 10.8. The Morgan fingerprint density at radius 3 is 2.44 bits per heavy atom. The fourth-order valence-electron chi connectivity index (χ4n) is 7.83. The van der Waals surface area contributed by atoms with Crippen LogP contribution in [-0.4, -0.2) is 51.7 Å². The summed E-state index contributed by atoms with van der Waals surface area (Å²) in [6.45, 7) is 5.15. The number of rotatable bonds is 8. The van der Waals surface area contributed by atoms with Crippen LogP contribution in [-0.2, 0) is 16.1 Å². The van der Waals surface area contributed by atoms with Crippen LogP contribution in [0, 0.1) is 17.3 Å². The van der Waals surface area contributed by atoms with E-state index in [4.69, 9.17) is 4.74 Å². The lowest BCUT2D eigenvalue weighted by Gasteiger charge is -2.53. The fraction of sp³-hybridized carbons (Fsp3) is 0.618. The van der Waals surface area contributed by atoms with Crippen LogP contribution < -0.4 is 5.56 Å². The van der Waals surface area contributed by atoms with E-state index in [1.54, 1.807) is 13.1 Å². The maximum Gasteiger partial charge on any atom is 0.340 e. The number of esters is 1. The number of pyridine rings is 1. The molecule has 2 aliphatic carbocycles. The van der Waals surface area contributed by atoms with Crippen molar-refractivity contribution in [3.8, 4) is 11.1 Å². The Morgan fingerprint density at radius 2 is 1.76 bits per heavy atom. The lowest BCUT2D eigenvalue weighted by Crippen LogP contribution is -2.62. The van der Waals surface area contributed by atoms with Gasteiger partial charge in [-0.25, -0.2) is 4.79 Å². The van der Waals surface area contributed by atoms with Gasteiger partial charge in [0.15, 0.2) is 0 Å². The molecule has 2 atom stereocenters. The molecule has 2 saturated carbocycles. The van der Waals surface area contributed by atoms with Crippen LogP contribution in [0.1, 0.15) is 94.8 Å². The zero-order chi connectivity index (χ0) is 29.0. The monoisotopic (exact) mass is 562 g/mol. The van der Waals surface area contributed by atoms with Crippen molar-refractivity contribution in [3.63, 3.8) is 0 Å². The highest BCUT2D eigenvalue weighted by molar-refractivity contribution is 5.96. The highest BCUT2D eigenvalue weighted by atomic mass is 16.5. The van der Waals surface area contributed by atoms with Crippen LogP contribution in [0.2, 0.25) is 0 Å². The third-order valence-corrected chi connectivity index (χ3v) is 10.1. The third-order valence-electron chi connectivity index (χ3n) is 10.1. The van der Waals surface area contributed by atoms with E-state index in [2.05, 4.69) is 6.92 Å². The van der Waals surface area contributed by atoms with Gasteiger partial charge in [0, 0.05) is 42.2 Å². The van der Waals surface area contributed by atoms with Crippen LogP contribution in [0.25, 0.3) is 11.1 Å². The van der Waals surface area contributed by atoms with Gasteiger partial charge in [0.1, 0.15) is 0 Å². The van der Waals surface area contributed by atoms with Crippen molar-refractivity contribution in [1.82, 2.24) is 9.47 Å². The molecule has 1 spiro atoms. The zero-order valence-corrected chi connectivity index (χ0v) is 24.8. The molecule has 222 valence electrons. The first kappa shape index (κ1) is 29.6. The minimum atomic E-state index is -1.16. The Kier molecular flexibility index (Phi) is 9.03. The van der Waals surface area contributed by atoms with Gasteiger partial charge >= 0.3 is 5.97 Å². The van der Waals surface area contributed by atoms with Crippen LogP contribution in [0.4, 0.5) is 0 Å². The molecule has 5 rings (SSSR count). The summed E-state index contributed by atoms with van der Waals surface area (Å²) in [5, 5.41) is 12.3. The van der Waals surface area contributed by atoms with Crippen molar-refractivity contribution in [2.45, 2.75) is 96.6 Å². The smallest absolute Gasteiger partial charge is 0.340 e. The Hall–Kier alpha value is -2.93. The molecule has 1 aromatic heterocycles. The number of nitrogens with zero attached hydrogens (tertiary/aromatic N) is 2. The molecule has 2 heterocycles. The fourth-order valence-corrected chi connectivity index (χ4v) is 7.83. The van der Waals surface area contributed by atoms with Crippen LogP contribution >= 0.6 is 0 Å². The standard InChI is InChI=1S/C34H46N2O5/c1-3-41-32(39)29-22-36(30(37)21-28(29)27-14-8-5-9-15-27)24-34(40)18-19-35(23-33(34)16-10-11-17-33)31(38)25(2)20-26-12-6-4-7-13-26/h5,8-9,14-15,21-22,25-26,40H,3-4,6-7,10-13,16-20,23-24H2,1-2H3/t25-,34+/m1/s1. The van der Waals surface area contributed by atoms with E-state index >= 15 is 0 Å². The molecule has 1 aromatic carbocycles. The number of carbonyl (C=O) groups is 2. The topological polar surface area (TPSA) is 88.8 Å². The normalized spacial score (nSPS) is 23.4. The number of carbonyl (C=O) groups excluding carboxylic acids is 2. The number of hydrogen-bond donors (Lipinski definition) is 1. The maximum atomic E-state index is 13.6. The first-order valence-electron chi connectivity index (χ1n) is 15.7. The summed E-state index contributed by atoms with van der Waals surface area (Å²) in [4.78, 5) is 42.1. The van der Waals surface area contributed by atoms with Gasteiger partial charge in [-0.3, -0.25) is 9.59 Å². The zero-order valence-electron chi connectivity index (χ0n) is 24.8. The Bertz CT molecular complexity index is 1280. The third kappa shape index (κ3) is 6.15. The highest BCUT2D eigenvalue weighted by Crippen LogP contribution is 2.52. The quantitative estimate of drug-likeness (QED) is 0.410. The van der Waals surface area contributed by atoms with Gasteiger partial charge < -0.3 is 19.3 Å². The molecule has 0 bridgehead atoms. The molecule has 1 saturated heterocycles. The molecular formula is C34H46N2O5. The minimum Gasteiger partial charge on any atom is -0.462 e. The number of piperidine rings is 1. The number of likely N-dealkylation sites (tertiary alicyclic amines) is 1. The van der Waals surface area contributed by atoms with E-state index in [1.807, 2.05) is 35.2 Å². The molecule has 0 unspecified atom stereocenters. The van der Waals surface area contributed by atoms with E-state index in [1.165, 1.54) is 42.7 Å². The lowest BCUT2D eigenvalue weighted by molar-refractivity contribution is -0.163. The molecule has 1 amide bonds. The van der Waals surface area contributed by atoms with Gasteiger partial charge in [-0.15, -0.1) is 0 Å². The number of aliphatic hydroxyl groups is 1. The second kappa shape index (κ2) is 12.5. The first-order chi connectivity index (χ1) is 19.7. The number of ether oxygens (including phenoxy) is 1. The molecule has 1 aliphatic heterocycles. The Morgan fingerprint density at radius 1 is 1.05 bits per heavy atom.